The lowest BCUT2D eigenvalue weighted by Gasteiger charge is -2.27. The number of benzene rings is 1. The molecule has 1 aliphatic carbocycles. The molecule has 21 heavy (non-hydrogen) atoms. The molecule has 2 rings (SSSR count). The molecule has 1 unspecified atom stereocenters. The van der Waals surface area contributed by atoms with Crippen LogP contribution in [0, 0.1) is 17.0 Å². The molecule has 0 aliphatic heterocycles. The Morgan fingerprint density at radius 1 is 1.57 bits per heavy atom. The van der Waals surface area contributed by atoms with E-state index in [2.05, 4.69) is 5.32 Å². The summed E-state index contributed by atoms with van der Waals surface area (Å²) in [6.07, 6.45) is 1.99. The van der Waals surface area contributed by atoms with E-state index >= 15 is 0 Å². The average Bonchev–Trinajstić information content (AvgIpc) is 3.20. The van der Waals surface area contributed by atoms with Crippen LogP contribution in [0.3, 0.4) is 0 Å². The lowest BCUT2D eigenvalue weighted by atomic mass is 10.0. The number of amides is 1. The minimum Gasteiger partial charge on any atom is -0.484 e. The van der Waals surface area contributed by atoms with E-state index in [1.807, 2.05) is 0 Å². The van der Waals surface area contributed by atoms with Crippen LogP contribution in [0.25, 0.3) is 0 Å². The molecule has 0 spiro atoms. The van der Waals surface area contributed by atoms with E-state index in [9.17, 15) is 14.9 Å². The van der Waals surface area contributed by atoms with Crippen LogP contribution in [0.15, 0.2) is 18.2 Å². The zero-order valence-electron chi connectivity index (χ0n) is 12.1. The van der Waals surface area contributed by atoms with Gasteiger partial charge in [-0.25, -0.2) is 0 Å². The number of carbonyl (C=O) groups excluding carboxylic acids is 1. The number of carbonyl (C=O) groups is 1. The Bertz CT molecular complexity index is 571. The molecule has 1 aliphatic rings. The lowest BCUT2D eigenvalue weighted by molar-refractivity contribution is -0.386. The van der Waals surface area contributed by atoms with Gasteiger partial charge in [0.1, 0.15) is 12.1 Å². The minimum atomic E-state index is -1.04. The molecule has 7 nitrogen and oxygen atoms in total. The number of ether oxygens (including phenoxy) is 1. The highest BCUT2D eigenvalue weighted by Gasteiger charge is 2.38. The van der Waals surface area contributed by atoms with Gasteiger partial charge < -0.3 is 10.5 Å². The number of primary amides is 1. The molecule has 0 saturated heterocycles. The normalized spacial score (nSPS) is 17.0. The predicted molar refractivity (Wildman–Crippen MR) is 77.1 cm³/mol. The maximum atomic E-state index is 11.6. The fraction of sp³-hybridized carbons (Fsp3) is 0.500. The van der Waals surface area contributed by atoms with Crippen molar-refractivity contribution in [2.75, 3.05) is 6.61 Å². The second-order valence-corrected chi connectivity index (χ2v) is 5.63. The van der Waals surface area contributed by atoms with Crippen molar-refractivity contribution >= 4 is 11.6 Å². The molecular formula is C14H19N3O4. The summed E-state index contributed by atoms with van der Waals surface area (Å²) in [7, 11) is 0. The summed E-state index contributed by atoms with van der Waals surface area (Å²) in [5.74, 6) is -0.403. The smallest absolute Gasteiger partial charge is 0.311 e. The number of aryl methyl sites for hydroxylation is 1. The van der Waals surface area contributed by atoms with Crippen LogP contribution in [0.5, 0.6) is 5.75 Å². The molecule has 0 radical (unpaired) electrons. The first kappa shape index (κ1) is 15.2. The second-order valence-electron chi connectivity index (χ2n) is 5.63. The molecule has 1 atom stereocenters. The number of nitro groups is 1. The van der Waals surface area contributed by atoms with E-state index in [-0.39, 0.29) is 24.1 Å². The van der Waals surface area contributed by atoms with Crippen LogP contribution in [-0.2, 0) is 4.79 Å². The van der Waals surface area contributed by atoms with Crippen molar-refractivity contribution in [3.63, 3.8) is 0 Å². The molecule has 3 N–H and O–H groups in total. The predicted octanol–water partition coefficient (Wildman–Crippen LogP) is 1.28. The van der Waals surface area contributed by atoms with E-state index < -0.39 is 16.4 Å². The van der Waals surface area contributed by atoms with Gasteiger partial charge in [0.2, 0.25) is 5.91 Å². The van der Waals surface area contributed by atoms with E-state index in [1.165, 1.54) is 12.1 Å². The highest BCUT2D eigenvalue weighted by Crippen LogP contribution is 2.29. The fourth-order valence-electron chi connectivity index (χ4n) is 1.98. The van der Waals surface area contributed by atoms with Crippen molar-refractivity contribution in [2.24, 2.45) is 5.73 Å². The van der Waals surface area contributed by atoms with Crippen LogP contribution >= 0.6 is 0 Å². The van der Waals surface area contributed by atoms with Gasteiger partial charge in [-0.3, -0.25) is 20.2 Å². The maximum Gasteiger partial charge on any atom is 0.311 e. The molecule has 114 valence electrons. The van der Waals surface area contributed by atoms with Gasteiger partial charge >= 0.3 is 5.69 Å². The van der Waals surface area contributed by atoms with Crippen molar-refractivity contribution in [3.05, 3.63) is 33.9 Å². The van der Waals surface area contributed by atoms with Gasteiger partial charge in [0.15, 0.2) is 5.75 Å². The molecule has 0 bridgehead atoms. The van der Waals surface area contributed by atoms with Gasteiger partial charge in [-0.05, 0) is 38.3 Å². The van der Waals surface area contributed by atoms with Gasteiger partial charge in [0, 0.05) is 12.1 Å². The second kappa shape index (κ2) is 5.69. The summed E-state index contributed by atoms with van der Waals surface area (Å²) in [5, 5.41) is 14.2. The highest BCUT2D eigenvalue weighted by molar-refractivity contribution is 5.84. The van der Waals surface area contributed by atoms with Crippen molar-refractivity contribution in [1.29, 1.82) is 0 Å². The van der Waals surface area contributed by atoms with E-state index in [0.29, 0.717) is 0 Å². The Labute approximate surface area is 122 Å². The van der Waals surface area contributed by atoms with E-state index in [4.69, 9.17) is 10.5 Å². The monoisotopic (exact) mass is 293 g/mol. The Balaban J connectivity index is 2.13. The molecule has 1 aromatic carbocycles. The van der Waals surface area contributed by atoms with Crippen molar-refractivity contribution in [1.82, 2.24) is 5.32 Å². The SMILES string of the molecule is Cc1ccc(OCC(C)(NC2CC2)C(N)=O)c([N+](=O)[O-])c1. The van der Waals surface area contributed by atoms with Crippen LogP contribution in [0.1, 0.15) is 25.3 Å². The van der Waals surface area contributed by atoms with Crippen LogP contribution in [0.2, 0.25) is 0 Å². The summed E-state index contributed by atoms with van der Waals surface area (Å²) in [6.45, 7) is 3.36. The number of hydrogen-bond acceptors (Lipinski definition) is 5. The molecule has 1 aromatic rings. The van der Waals surface area contributed by atoms with Crippen molar-refractivity contribution < 1.29 is 14.5 Å². The standard InChI is InChI=1S/C14H19N3O4/c1-9-3-6-12(11(7-9)17(19)20)21-8-14(2,13(15)18)16-10-4-5-10/h3,6-7,10,16H,4-5,8H2,1-2H3,(H2,15,18). The quantitative estimate of drug-likeness (QED) is 0.581. The average molecular weight is 293 g/mol. The zero-order valence-corrected chi connectivity index (χ0v) is 12.1. The van der Waals surface area contributed by atoms with Gasteiger partial charge in [0.05, 0.1) is 4.92 Å². The number of nitro benzene ring substituents is 1. The first-order chi connectivity index (χ1) is 9.82. The Hall–Kier alpha value is -2.15. The fourth-order valence-corrected chi connectivity index (χ4v) is 1.98. The van der Waals surface area contributed by atoms with Gasteiger partial charge in [-0.2, -0.15) is 0 Å². The first-order valence-electron chi connectivity index (χ1n) is 6.77. The molecular weight excluding hydrogens is 274 g/mol. The van der Waals surface area contributed by atoms with Crippen molar-refractivity contribution in [3.8, 4) is 5.75 Å². The topological polar surface area (TPSA) is 107 Å². The summed E-state index contributed by atoms with van der Waals surface area (Å²) in [4.78, 5) is 22.2. The molecule has 0 aromatic heterocycles. The number of nitrogens with one attached hydrogen (secondary N) is 1. The number of nitrogens with two attached hydrogens (primary N) is 1. The summed E-state index contributed by atoms with van der Waals surface area (Å²) in [5.41, 5.74) is 5.03. The number of hydrogen-bond donors (Lipinski definition) is 2. The van der Waals surface area contributed by atoms with Gasteiger partial charge in [-0.15, -0.1) is 0 Å². The number of rotatable bonds is 7. The molecule has 1 fully saturated rings. The third-order valence-electron chi connectivity index (χ3n) is 3.47. The number of nitrogens with zero attached hydrogens (tertiary/aromatic N) is 1. The van der Waals surface area contributed by atoms with Gasteiger partial charge in [0.25, 0.3) is 0 Å². The largest absolute Gasteiger partial charge is 0.484 e. The Morgan fingerprint density at radius 3 is 2.76 bits per heavy atom. The minimum absolute atomic E-state index is 0.0528. The van der Waals surface area contributed by atoms with Crippen molar-refractivity contribution in [2.45, 2.75) is 38.3 Å². The first-order valence-corrected chi connectivity index (χ1v) is 6.77. The zero-order chi connectivity index (χ0) is 15.6. The Kier molecular flexibility index (Phi) is 4.13. The highest BCUT2D eigenvalue weighted by atomic mass is 16.6. The summed E-state index contributed by atoms with van der Waals surface area (Å²) < 4.78 is 5.50. The summed E-state index contributed by atoms with van der Waals surface area (Å²) >= 11 is 0. The molecule has 7 heteroatoms. The summed E-state index contributed by atoms with van der Waals surface area (Å²) in [6, 6.07) is 4.95. The molecule has 0 heterocycles. The Morgan fingerprint density at radius 2 is 2.24 bits per heavy atom. The van der Waals surface area contributed by atoms with Crippen LogP contribution in [0.4, 0.5) is 5.69 Å². The van der Waals surface area contributed by atoms with Gasteiger partial charge in [-0.1, -0.05) is 6.07 Å². The maximum absolute atomic E-state index is 11.6. The molecule has 1 saturated carbocycles. The third-order valence-corrected chi connectivity index (χ3v) is 3.47. The van der Waals surface area contributed by atoms with Crippen LogP contribution in [-0.4, -0.2) is 29.0 Å². The lowest BCUT2D eigenvalue weighted by Crippen LogP contribution is -2.57. The third kappa shape index (κ3) is 3.69. The molecule has 1 amide bonds. The van der Waals surface area contributed by atoms with Crippen LogP contribution < -0.4 is 15.8 Å². The van der Waals surface area contributed by atoms with E-state index in [1.54, 1.807) is 19.9 Å². The van der Waals surface area contributed by atoms with E-state index in [0.717, 1.165) is 18.4 Å².